The lowest BCUT2D eigenvalue weighted by atomic mass is 10.1. The van der Waals surface area contributed by atoms with Crippen molar-refractivity contribution >= 4 is 15.9 Å². The van der Waals surface area contributed by atoms with Gasteiger partial charge in [-0.2, -0.15) is 0 Å². The lowest BCUT2D eigenvalue weighted by molar-refractivity contribution is 0.588. The third-order valence-electron chi connectivity index (χ3n) is 2.32. The molecule has 64 valence electrons. The van der Waals surface area contributed by atoms with Crippen LogP contribution in [0.3, 0.4) is 0 Å². The van der Waals surface area contributed by atoms with E-state index in [1.807, 2.05) is 0 Å². The molecule has 2 N–H and O–H groups in total. The average Bonchev–Trinajstić information content (AvgIpc) is 2.42. The first-order chi connectivity index (χ1) is 5.70. The Kier molecular flexibility index (Phi) is 1.93. The molecular formula is C9H9BrFN. The van der Waals surface area contributed by atoms with Gasteiger partial charge in [-0.05, 0) is 30.5 Å². The molecule has 1 aliphatic rings. The minimum absolute atomic E-state index is 0.113. The molecule has 0 amide bonds. The second kappa shape index (κ2) is 2.82. The van der Waals surface area contributed by atoms with E-state index >= 15 is 0 Å². The summed E-state index contributed by atoms with van der Waals surface area (Å²) >= 11 is 3.39. The van der Waals surface area contributed by atoms with Crippen molar-refractivity contribution in [2.45, 2.75) is 18.9 Å². The molecule has 3 heteroatoms. The molecule has 0 spiro atoms. The Labute approximate surface area is 78.9 Å². The minimum atomic E-state index is -0.168. The summed E-state index contributed by atoms with van der Waals surface area (Å²) < 4.78 is 14.2. The smallest absolute Gasteiger partial charge is 0.128 e. The number of nitrogens with two attached hydrogens (primary N) is 1. The van der Waals surface area contributed by atoms with Gasteiger partial charge in [0, 0.05) is 16.1 Å². The predicted octanol–water partition coefficient (Wildman–Crippen LogP) is 2.53. The van der Waals surface area contributed by atoms with Crippen LogP contribution in [0, 0.1) is 5.82 Å². The summed E-state index contributed by atoms with van der Waals surface area (Å²) in [5.41, 5.74) is 7.50. The number of rotatable bonds is 0. The highest BCUT2D eigenvalue weighted by atomic mass is 79.9. The van der Waals surface area contributed by atoms with Crippen LogP contribution in [-0.2, 0) is 6.42 Å². The van der Waals surface area contributed by atoms with Crippen molar-refractivity contribution in [3.05, 3.63) is 33.5 Å². The zero-order valence-electron chi connectivity index (χ0n) is 6.48. The molecule has 1 aliphatic carbocycles. The van der Waals surface area contributed by atoms with Crippen LogP contribution in [0.25, 0.3) is 0 Å². The Morgan fingerprint density at radius 2 is 2.25 bits per heavy atom. The molecule has 0 fully saturated rings. The van der Waals surface area contributed by atoms with Crippen molar-refractivity contribution in [3.63, 3.8) is 0 Å². The molecule has 0 saturated heterocycles. The Morgan fingerprint density at radius 1 is 1.50 bits per heavy atom. The zero-order chi connectivity index (χ0) is 8.72. The molecule has 1 aromatic rings. The van der Waals surface area contributed by atoms with Crippen molar-refractivity contribution in [2.75, 3.05) is 0 Å². The van der Waals surface area contributed by atoms with E-state index in [2.05, 4.69) is 15.9 Å². The first-order valence-electron chi connectivity index (χ1n) is 3.92. The summed E-state index contributed by atoms with van der Waals surface area (Å²) in [6.07, 6.45) is 1.74. The van der Waals surface area contributed by atoms with Gasteiger partial charge in [-0.1, -0.05) is 15.9 Å². The predicted molar refractivity (Wildman–Crippen MR) is 49.3 cm³/mol. The fourth-order valence-electron chi connectivity index (χ4n) is 1.71. The molecule has 1 atom stereocenters. The molecule has 0 saturated carbocycles. The largest absolute Gasteiger partial charge is 0.324 e. The summed E-state index contributed by atoms with van der Waals surface area (Å²) in [5, 5.41) is 0. The van der Waals surface area contributed by atoms with Gasteiger partial charge < -0.3 is 5.73 Å². The molecule has 0 unspecified atom stereocenters. The van der Waals surface area contributed by atoms with Crippen LogP contribution in [0.15, 0.2) is 16.6 Å². The van der Waals surface area contributed by atoms with E-state index in [-0.39, 0.29) is 11.9 Å². The second-order valence-electron chi connectivity index (χ2n) is 3.07. The van der Waals surface area contributed by atoms with Crippen LogP contribution in [0.4, 0.5) is 4.39 Å². The molecule has 0 heterocycles. The van der Waals surface area contributed by atoms with Crippen molar-refractivity contribution in [2.24, 2.45) is 5.73 Å². The van der Waals surface area contributed by atoms with E-state index in [4.69, 9.17) is 5.73 Å². The summed E-state index contributed by atoms with van der Waals surface area (Å²) in [6.45, 7) is 0. The van der Waals surface area contributed by atoms with Crippen LogP contribution in [0.2, 0.25) is 0 Å². The molecule has 2 rings (SSSR count). The van der Waals surface area contributed by atoms with Crippen LogP contribution in [-0.4, -0.2) is 0 Å². The summed E-state index contributed by atoms with van der Waals surface area (Å²) in [7, 11) is 0. The molecule has 12 heavy (non-hydrogen) atoms. The van der Waals surface area contributed by atoms with Gasteiger partial charge in [0.1, 0.15) is 5.82 Å². The quantitative estimate of drug-likeness (QED) is 0.728. The molecule has 0 aromatic heterocycles. The molecule has 1 aromatic carbocycles. The standard InChI is InChI=1S/C9H9BrFN/c10-6-2-3-7(11)9-5(6)1-4-8(9)12/h2-3,8H,1,4,12H2/t8-/m1/s1. The summed E-state index contributed by atoms with van der Waals surface area (Å²) in [4.78, 5) is 0. The van der Waals surface area contributed by atoms with Crippen LogP contribution in [0.5, 0.6) is 0 Å². The molecule has 1 nitrogen and oxygen atoms in total. The van der Waals surface area contributed by atoms with Gasteiger partial charge in [0.05, 0.1) is 0 Å². The number of hydrogen-bond acceptors (Lipinski definition) is 1. The monoisotopic (exact) mass is 229 g/mol. The minimum Gasteiger partial charge on any atom is -0.324 e. The Bertz CT molecular complexity index is 325. The van der Waals surface area contributed by atoms with E-state index in [9.17, 15) is 4.39 Å². The fraction of sp³-hybridized carbons (Fsp3) is 0.333. The van der Waals surface area contributed by atoms with Crippen LogP contribution in [0.1, 0.15) is 23.6 Å². The van der Waals surface area contributed by atoms with Gasteiger partial charge in [0.2, 0.25) is 0 Å². The van der Waals surface area contributed by atoms with Crippen molar-refractivity contribution in [1.82, 2.24) is 0 Å². The highest BCUT2D eigenvalue weighted by Gasteiger charge is 2.24. The Hall–Kier alpha value is -0.410. The summed E-state index contributed by atoms with van der Waals surface area (Å²) in [6, 6.07) is 3.10. The normalized spacial score (nSPS) is 21.1. The lowest BCUT2D eigenvalue weighted by Gasteiger charge is -2.06. The molecular weight excluding hydrogens is 221 g/mol. The Morgan fingerprint density at radius 3 is 2.92 bits per heavy atom. The SMILES string of the molecule is N[C@@H]1CCc2c(Br)ccc(F)c21. The van der Waals surface area contributed by atoms with E-state index in [1.165, 1.54) is 6.07 Å². The number of fused-ring (bicyclic) bond motifs is 1. The van der Waals surface area contributed by atoms with Gasteiger partial charge in [0.15, 0.2) is 0 Å². The number of hydrogen-bond donors (Lipinski definition) is 1. The number of halogens is 2. The maximum atomic E-state index is 13.2. The van der Waals surface area contributed by atoms with Crippen molar-refractivity contribution in [1.29, 1.82) is 0 Å². The van der Waals surface area contributed by atoms with E-state index in [0.29, 0.717) is 5.56 Å². The fourth-order valence-corrected chi connectivity index (χ4v) is 2.25. The van der Waals surface area contributed by atoms with Gasteiger partial charge in [0.25, 0.3) is 0 Å². The first kappa shape index (κ1) is 8.20. The van der Waals surface area contributed by atoms with Crippen LogP contribution >= 0.6 is 15.9 Å². The topological polar surface area (TPSA) is 26.0 Å². The number of benzene rings is 1. The summed E-state index contributed by atoms with van der Waals surface area (Å²) in [5.74, 6) is -0.168. The third-order valence-corrected chi connectivity index (χ3v) is 3.07. The third kappa shape index (κ3) is 1.08. The molecule has 0 radical (unpaired) electrons. The first-order valence-corrected chi connectivity index (χ1v) is 4.72. The highest BCUT2D eigenvalue weighted by molar-refractivity contribution is 9.10. The average molecular weight is 230 g/mol. The van der Waals surface area contributed by atoms with Gasteiger partial charge in [-0.15, -0.1) is 0 Å². The Balaban J connectivity index is 2.64. The lowest BCUT2D eigenvalue weighted by Crippen LogP contribution is -2.07. The van der Waals surface area contributed by atoms with E-state index in [0.717, 1.165) is 22.9 Å². The van der Waals surface area contributed by atoms with Crippen molar-refractivity contribution in [3.8, 4) is 0 Å². The van der Waals surface area contributed by atoms with E-state index < -0.39 is 0 Å². The highest BCUT2D eigenvalue weighted by Crippen LogP contribution is 2.35. The zero-order valence-corrected chi connectivity index (χ0v) is 8.07. The second-order valence-corrected chi connectivity index (χ2v) is 3.92. The van der Waals surface area contributed by atoms with Crippen molar-refractivity contribution < 1.29 is 4.39 Å². The van der Waals surface area contributed by atoms with Crippen LogP contribution < -0.4 is 5.73 Å². The van der Waals surface area contributed by atoms with Gasteiger partial charge in [-0.25, -0.2) is 4.39 Å². The molecule has 0 aliphatic heterocycles. The maximum absolute atomic E-state index is 13.2. The van der Waals surface area contributed by atoms with Gasteiger partial charge in [-0.3, -0.25) is 0 Å². The molecule has 0 bridgehead atoms. The maximum Gasteiger partial charge on any atom is 0.128 e. The van der Waals surface area contributed by atoms with Gasteiger partial charge >= 0.3 is 0 Å². The van der Waals surface area contributed by atoms with E-state index in [1.54, 1.807) is 6.07 Å².